The smallest absolute Gasteiger partial charge is 0.255 e. The molecule has 0 saturated carbocycles. The van der Waals surface area contributed by atoms with E-state index < -0.39 is 35.1 Å². The number of benzene rings is 1. The molecule has 2 amide bonds. The molecule has 5 nitrogen and oxygen atoms in total. The van der Waals surface area contributed by atoms with E-state index >= 15 is 0 Å². The van der Waals surface area contributed by atoms with Crippen LogP contribution in [0.25, 0.3) is 0 Å². The average Bonchev–Trinajstić information content (AvgIpc) is 2.40. The van der Waals surface area contributed by atoms with Crippen LogP contribution >= 0.6 is 0 Å². The van der Waals surface area contributed by atoms with Crippen molar-refractivity contribution in [2.24, 2.45) is 5.73 Å². The lowest BCUT2D eigenvalue weighted by Gasteiger charge is -2.15. The molecule has 20 heavy (non-hydrogen) atoms. The normalized spacial score (nSPS) is 11.4. The number of amides is 2. The molecule has 0 aliphatic rings. The Morgan fingerprint density at radius 1 is 1.40 bits per heavy atom. The Bertz CT molecular complexity index is 555. The van der Waals surface area contributed by atoms with Crippen molar-refractivity contribution in [2.45, 2.75) is 25.3 Å². The summed E-state index contributed by atoms with van der Waals surface area (Å²) in [5.74, 6) is -4.17. The van der Waals surface area contributed by atoms with Crippen molar-refractivity contribution in [1.29, 1.82) is 5.26 Å². The number of unbranched alkanes of at least 4 members (excludes halogenated alkanes) is 1. The summed E-state index contributed by atoms with van der Waals surface area (Å²) in [6, 6.07) is 4.02. The first-order valence-corrected chi connectivity index (χ1v) is 5.88. The quantitative estimate of drug-likeness (QED) is 0.768. The fourth-order valence-corrected chi connectivity index (χ4v) is 1.59. The van der Waals surface area contributed by atoms with Gasteiger partial charge in [-0.05, 0) is 25.0 Å². The highest BCUT2D eigenvalue weighted by Crippen LogP contribution is 2.12. The number of carbonyl (C=O) groups excluding carboxylic acids is 2. The highest BCUT2D eigenvalue weighted by molar-refractivity contribution is 5.97. The molecule has 0 heterocycles. The van der Waals surface area contributed by atoms with Crippen molar-refractivity contribution in [2.75, 3.05) is 0 Å². The summed E-state index contributed by atoms with van der Waals surface area (Å²) in [5, 5.41) is 10.6. The number of nitrogens with two attached hydrogens (primary N) is 1. The number of nitrogens with one attached hydrogen (secondary N) is 1. The van der Waals surface area contributed by atoms with E-state index in [4.69, 9.17) is 11.0 Å². The molecule has 0 aromatic heterocycles. The summed E-state index contributed by atoms with van der Waals surface area (Å²) in [6.45, 7) is 0. The van der Waals surface area contributed by atoms with Crippen LogP contribution in [0.2, 0.25) is 0 Å². The third-order valence-corrected chi connectivity index (χ3v) is 2.63. The highest BCUT2D eigenvalue weighted by Gasteiger charge is 2.21. The van der Waals surface area contributed by atoms with Crippen LogP contribution in [0.3, 0.4) is 0 Å². The predicted molar refractivity (Wildman–Crippen MR) is 66.3 cm³/mol. The van der Waals surface area contributed by atoms with Crippen LogP contribution in [0, 0.1) is 23.0 Å². The second-order valence-corrected chi connectivity index (χ2v) is 4.08. The number of rotatable bonds is 6. The zero-order chi connectivity index (χ0) is 15.1. The van der Waals surface area contributed by atoms with Gasteiger partial charge in [-0.1, -0.05) is 6.07 Å². The largest absolute Gasteiger partial charge is 0.368 e. The number of primary amides is 1. The predicted octanol–water partition coefficient (Wildman–Crippen LogP) is 1.24. The van der Waals surface area contributed by atoms with Crippen LogP contribution in [0.4, 0.5) is 8.78 Å². The summed E-state index contributed by atoms with van der Waals surface area (Å²) in [4.78, 5) is 22.9. The van der Waals surface area contributed by atoms with E-state index in [0.29, 0.717) is 6.42 Å². The SMILES string of the molecule is N#CCCC[C@H](NC(=O)c1cccc(F)c1F)C(N)=O. The average molecular weight is 281 g/mol. The topological polar surface area (TPSA) is 96.0 Å². The van der Waals surface area contributed by atoms with Gasteiger partial charge in [-0.2, -0.15) is 5.26 Å². The lowest BCUT2D eigenvalue weighted by atomic mass is 10.1. The van der Waals surface area contributed by atoms with E-state index in [1.54, 1.807) is 0 Å². The van der Waals surface area contributed by atoms with Crippen molar-refractivity contribution in [1.82, 2.24) is 5.32 Å². The molecule has 0 aliphatic carbocycles. The van der Waals surface area contributed by atoms with E-state index in [-0.39, 0.29) is 12.8 Å². The molecular formula is C13H13F2N3O2. The molecule has 1 rings (SSSR count). The Morgan fingerprint density at radius 2 is 2.10 bits per heavy atom. The van der Waals surface area contributed by atoms with Gasteiger partial charge >= 0.3 is 0 Å². The van der Waals surface area contributed by atoms with Gasteiger partial charge in [-0.3, -0.25) is 9.59 Å². The maximum atomic E-state index is 13.4. The Morgan fingerprint density at radius 3 is 2.70 bits per heavy atom. The number of nitrogens with zero attached hydrogens (tertiary/aromatic N) is 1. The minimum absolute atomic E-state index is 0.158. The van der Waals surface area contributed by atoms with Crippen LogP contribution < -0.4 is 11.1 Å². The molecule has 1 aromatic rings. The van der Waals surface area contributed by atoms with Gasteiger partial charge in [0.1, 0.15) is 6.04 Å². The second-order valence-electron chi connectivity index (χ2n) is 4.08. The number of nitriles is 1. The van der Waals surface area contributed by atoms with Gasteiger partial charge in [-0.25, -0.2) is 8.78 Å². The third kappa shape index (κ3) is 4.02. The van der Waals surface area contributed by atoms with Gasteiger partial charge < -0.3 is 11.1 Å². The van der Waals surface area contributed by atoms with Crippen LogP contribution in [0.5, 0.6) is 0 Å². The van der Waals surface area contributed by atoms with Gasteiger partial charge in [0.2, 0.25) is 5.91 Å². The third-order valence-electron chi connectivity index (χ3n) is 2.63. The first-order chi connectivity index (χ1) is 9.47. The Labute approximate surface area is 114 Å². The van der Waals surface area contributed by atoms with Crippen molar-refractivity contribution < 1.29 is 18.4 Å². The summed E-state index contributed by atoms with van der Waals surface area (Å²) in [6.07, 6.45) is 0.718. The molecule has 106 valence electrons. The van der Waals surface area contributed by atoms with Crippen LogP contribution in [-0.2, 0) is 4.79 Å². The van der Waals surface area contributed by atoms with E-state index in [0.717, 1.165) is 12.1 Å². The number of hydrogen-bond acceptors (Lipinski definition) is 3. The molecule has 0 unspecified atom stereocenters. The monoisotopic (exact) mass is 281 g/mol. The molecule has 1 atom stereocenters. The van der Waals surface area contributed by atoms with Gasteiger partial charge in [0.25, 0.3) is 5.91 Å². The van der Waals surface area contributed by atoms with E-state index in [9.17, 15) is 18.4 Å². The Hall–Kier alpha value is -2.49. The molecular weight excluding hydrogens is 268 g/mol. The Kier molecular flexibility index (Phi) is 5.59. The maximum absolute atomic E-state index is 13.4. The first kappa shape index (κ1) is 15.6. The zero-order valence-corrected chi connectivity index (χ0v) is 10.5. The van der Waals surface area contributed by atoms with E-state index in [1.165, 1.54) is 6.07 Å². The van der Waals surface area contributed by atoms with Gasteiger partial charge in [-0.15, -0.1) is 0 Å². The maximum Gasteiger partial charge on any atom is 0.255 e. The zero-order valence-electron chi connectivity index (χ0n) is 10.5. The van der Waals surface area contributed by atoms with Crippen molar-refractivity contribution in [3.05, 3.63) is 35.4 Å². The summed E-state index contributed by atoms with van der Waals surface area (Å²) >= 11 is 0. The van der Waals surface area contributed by atoms with Crippen LogP contribution in [0.1, 0.15) is 29.6 Å². The van der Waals surface area contributed by atoms with Gasteiger partial charge in [0.15, 0.2) is 11.6 Å². The van der Waals surface area contributed by atoms with Crippen molar-refractivity contribution in [3.8, 4) is 6.07 Å². The number of carbonyl (C=O) groups is 2. The summed E-state index contributed by atoms with van der Waals surface area (Å²) in [5.41, 5.74) is 4.61. The molecule has 0 aliphatic heterocycles. The lowest BCUT2D eigenvalue weighted by molar-refractivity contribution is -0.120. The molecule has 7 heteroatoms. The second kappa shape index (κ2) is 7.19. The first-order valence-electron chi connectivity index (χ1n) is 5.88. The van der Waals surface area contributed by atoms with E-state index in [2.05, 4.69) is 5.32 Å². The molecule has 3 N–H and O–H groups in total. The number of hydrogen-bond donors (Lipinski definition) is 2. The van der Waals surface area contributed by atoms with Crippen molar-refractivity contribution in [3.63, 3.8) is 0 Å². The summed E-state index contributed by atoms with van der Waals surface area (Å²) in [7, 11) is 0. The van der Waals surface area contributed by atoms with Crippen molar-refractivity contribution >= 4 is 11.8 Å². The lowest BCUT2D eigenvalue weighted by Crippen LogP contribution is -2.44. The molecule has 0 saturated heterocycles. The highest BCUT2D eigenvalue weighted by atomic mass is 19.2. The fraction of sp³-hybridized carbons (Fsp3) is 0.308. The molecule has 0 fully saturated rings. The minimum Gasteiger partial charge on any atom is -0.368 e. The molecule has 1 aromatic carbocycles. The Balaban J connectivity index is 2.78. The van der Waals surface area contributed by atoms with Gasteiger partial charge in [0.05, 0.1) is 11.6 Å². The summed E-state index contributed by atoms with van der Waals surface area (Å²) < 4.78 is 26.4. The van der Waals surface area contributed by atoms with Crippen LogP contribution in [-0.4, -0.2) is 17.9 Å². The van der Waals surface area contributed by atoms with E-state index in [1.807, 2.05) is 6.07 Å². The molecule has 0 spiro atoms. The molecule has 0 radical (unpaired) electrons. The molecule has 0 bridgehead atoms. The van der Waals surface area contributed by atoms with Crippen LogP contribution in [0.15, 0.2) is 18.2 Å². The van der Waals surface area contributed by atoms with Gasteiger partial charge in [0, 0.05) is 6.42 Å². The number of halogens is 2. The standard InChI is InChI=1S/C13H13F2N3O2/c14-9-5-3-4-8(11(9)15)13(20)18-10(12(17)19)6-1-2-7-16/h3-5,10H,1-2,6H2,(H2,17,19)(H,18,20)/t10-/m0/s1. The fourth-order valence-electron chi connectivity index (χ4n) is 1.59. The minimum atomic E-state index is -1.29.